The maximum absolute atomic E-state index is 12.2. The summed E-state index contributed by atoms with van der Waals surface area (Å²) < 4.78 is 5.78. The molecule has 23 heavy (non-hydrogen) atoms. The van der Waals surface area contributed by atoms with Gasteiger partial charge in [0.1, 0.15) is 5.75 Å². The van der Waals surface area contributed by atoms with Crippen LogP contribution in [0.1, 0.15) is 18.9 Å². The number of carbonyl (C=O) groups is 1. The molecule has 1 amide bonds. The fraction of sp³-hybridized carbons (Fsp3) is 0.316. The molecule has 0 saturated heterocycles. The van der Waals surface area contributed by atoms with Crippen LogP contribution in [-0.2, 0) is 4.79 Å². The van der Waals surface area contributed by atoms with Gasteiger partial charge in [0.15, 0.2) is 6.10 Å². The van der Waals surface area contributed by atoms with Crippen molar-refractivity contribution in [1.82, 2.24) is 5.32 Å². The van der Waals surface area contributed by atoms with Crippen LogP contribution in [-0.4, -0.2) is 24.3 Å². The SMILES string of the molecule is CC[C@H](Oc1ccc(C)cc1)C(=O)NCCSc1ccccc1. The van der Waals surface area contributed by atoms with Crippen LogP contribution in [0.15, 0.2) is 59.5 Å². The summed E-state index contributed by atoms with van der Waals surface area (Å²) in [5, 5.41) is 2.95. The summed E-state index contributed by atoms with van der Waals surface area (Å²) >= 11 is 1.73. The summed E-state index contributed by atoms with van der Waals surface area (Å²) in [6.45, 7) is 4.61. The zero-order chi connectivity index (χ0) is 16.5. The Kier molecular flexibility index (Phi) is 7.01. The number of benzene rings is 2. The van der Waals surface area contributed by atoms with E-state index in [1.807, 2.05) is 56.3 Å². The van der Waals surface area contributed by atoms with Gasteiger partial charge in [0.2, 0.25) is 0 Å². The number of aryl methyl sites for hydroxylation is 1. The lowest BCUT2D eigenvalue weighted by Crippen LogP contribution is -2.39. The fourth-order valence-electron chi connectivity index (χ4n) is 2.08. The van der Waals surface area contributed by atoms with Crippen LogP contribution in [0.4, 0.5) is 0 Å². The van der Waals surface area contributed by atoms with Gasteiger partial charge in [0, 0.05) is 17.2 Å². The Balaban J connectivity index is 1.75. The van der Waals surface area contributed by atoms with Gasteiger partial charge in [-0.15, -0.1) is 11.8 Å². The molecular weight excluding hydrogens is 306 g/mol. The minimum atomic E-state index is -0.445. The van der Waals surface area contributed by atoms with E-state index in [0.29, 0.717) is 13.0 Å². The third kappa shape index (κ3) is 5.99. The molecule has 0 aliphatic heterocycles. The summed E-state index contributed by atoms with van der Waals surface area (Å²) in [5.74, 6) is 1.52. The summed E-state index contributed by atoms with van der Waals surface area (Å²) in [5.41, 5.74) is 1.17. The van der Waals surface area contributed by atoms with Crippen molar-refractivity contribution >= 4 is 17.7 Å². The van der Waals surface area contributed by atoms with Crippen molar-refractivity contribution in [2.75, 3.05) is 12.3 Å². The molecule has 2 rings (SSSR count). The van der Waals surface area contributed by atoms with Gasteiger partial charge in [-0.05, 0) is 37.6 Å². The predicted molar refractivity (Wildman–Crippen MR) is 96.1 cm³/mol. The normalized spacial score (nSPS) is 11.7. The lowest BCUT2D eigenvalue weighted by atomic mass is 10.2. The van der Waals surface area contributed by atoms with E-state index in [0.717, 1.165) is 11.5 Å². The molecule has 0 aliphatic rings. The molecule has 0 aromatic heterocycles. The van der Waals surface area contributed by atoms with Crippen LogP contribution in [0.5, 0.6) is 5.75 Å². The lowest BCUT2D eigenvalue weighted by molar-refractivity contribution is -0.127. The third-order valence-corrected chi connectivity index (χ3v) is 4.39. The Morgan fingerprint density at radius 3 is 2.48 bits per heavy atom. The van der Waals surface area contributed by atoms with Crippen LogP contribution in [0, 0.1) is 6.92 Å². The van der Waals surface area contributed by atoms with Crippen LogP contribution in [0.3, 0.4) is 0 Å². The van der Waals surface area contributed by atoms with E-state index >= 15 is 0 Å². The van der Waals surface area contributed by atoms with Gasteiger partial charge in [0.25, 0.3) is 5.91 Å². The summed E-state index contributed by atoms with van der Waals surface area (Å²) in [6.07, 6.45) is 0.199. The summed E-state index contributed by atoms with van der Waals surface area (Å²) in [6, 6.07) is 17.9. The molecule has 0 heterocycles. The highest BCUT2D eigenvalue weighted by atomic mass is 32.2. The first-order chi connectivity index (χ1) is 11.2. The molecule has 1 atom stereocenters. The minimum absolute atomic E-state index is 0.0539. The van der Waals surface area contributed by atoms with Crippen LogP contribution in [0.25, 0.3) is 0 Å². The van der Waals surface area contributed by atoms with Gasteiger partial charge in [-0.3, -0.25) is 4.79 Å². The zero-order valence-electron chi connectivity index (χ0n) is 13.6. The van der Waals surface area contributed by atoms with Crippen molar-refractivity contribution in [1.29, 1.82) is 0 Å². The van der Waals surface area contributed by atoms with E-state index in [1.54, 1.807) is 11.8 Å². The van der Waals surface area contributed by atoms with Crippen LogP contribution < -0.4 is 10.1 Å². The highest BCUT2D eigenvalue weighted by Crippen LogP contribution is 2.16. The second kappa shape index (κ2) is 9.26. The largest absolute Gasteiger partial charge is 0.481 e. The molecule has 4 heteroatoms. The highest BCUT2D eigenvalue weighted by molar-refractivity contribution is 7.99. The maximum Gasteiger partial charge on any atom is 0.261 e. The van der Waals surface area contributed by atoms with E-state index in [4.69, 9.17) is 4.74 Å². The second-order valence-electron chi connectivity index (χ2n) is 5.28. The molecule has 0 saturated carbocycles. The predicted octanol–water partition coefficient (Wildman–Crippen LogP) is 4.06. The molecule has 2 aromatic rings. The van der Waals surface area contributed by atoms with Crippen molar-refractivity contribution in [2.45, 2.75) is 31.3 Å². The van der Waals surface area contributed by atoms with Crippen LogP contribution >= 0.6 is 11.8 Å². The minimum Gasteiger partial charge on any atom is -0.481 e. The zero-order valence-corrected chi connectivity index (χ0v) is 14.4. The number of rotatable bonds is 8. The fourth-order valence-corrected chi connectivity index (χ4v) is 2.87. The van der Waals surface area contributed by atoms with Gasteiger partial charge in [-0.2, -0.15) is 0 Å². The Hall–Kier alpha value is -1.94. The number of ether oxygens (including phenoxy) is 1. The molecule has 2 aromatic carbocycles. The second-order valence-corrected chi connectivity index (χ2v) is 6.45. The summed E-state index contributed by atoms with van der Waals surface area (Å²) in [7, 11) is 0. The molecule has 0 spiro atoms. The smallest absolute Gasteiger partial charge is 0.261 e. The van der Waals surface area contributed by atoms with E-state index < -0.39 is 6.10 Å². The van der Waals surface area contributed by atoms with Gasteiger partial charge >= 0.3 is 0 Å². The Bertz CT molecular complexity index is 599. The van der Waals surface area contributed by atoms with Gasteiger partial charge in [0.05, 0.1) is 0 Å². The molecule has 122 valence electrons. The molecule has 0 bridgehead atoms. The molecule has 3 nitrogen and oxygen atoms in total. The van der Waals surface area contributed by atoms with E-state index in [2.05, 4.69) is 17.4 Å². The summed E-state index contributed by atoms with van der Waals surface area (Å²) in [4.78, 5) is 13.4. The van der Waals surface area contributed by atoms with E-state index in [1.165, 1.54) is 10.5 Å². The average molecular weight is 329 g/mol. The number of amides is 1. The third-order valence-electron chi connectivity index (χ3n) is 3.38. The number of thioether (sulfide) groups is 1. The molecule has 0 unspecified atom stereocenters. The Labute approximate surface area is 142 Å². The van der Waals surface area contributed by atoms with Crippen molar-refractivity contribution < 1.29 is 9.53 Å². The van der Waals surface area contributed by atoms with E-state index in [9.17, 15) is 4.79 Å². The number of hydrogen-bond donors (Lipinski definition) is 1. The van der Waals surface area contributed by atoms with Crippen molar-refractivity contribution in [2.24, 2.45) is 0 Å². The molecule has 0 radical (unpaired) electrons. The quantitative estimate of drug-likeness (QED) is 0.586. The monoisotopic (exact) mass is 329 g/mol. The molecule has 0 aliphatic carbocycles. The van der Waals surface area contributed by atoms with E-state index in [-0.39, 0.29) is 5.91 Å². The average Bonchev–Trinajstić information content (AvgIpc) is 2.59. The Morgan fingerprint density at radius 2 is 1.83 bits per heavy atom. The maximum atomic E-state index is 12.2. The van der Waals surface area contributed by atoms with Crippen LogP contribution in [0.2, 0.25) is 0 Å². The Morgan fingerprint density at radius 1 is 1.13 bits per heavy atom. The molecule has 0 fully saturated rings. The van der Waals surface area contributed by atoms with Gasteiger partial charge in [-0.1, -0.05) is 42.8 Å². The van der Waals surface area contributed by atoms with Gasteiger partial charge < -0.3 is 10.1 Å². The number of nitrogens with one attached hydrogen (secondary N) is 1. The first-order valence-electron chi connectivity index (χ1n) is 7.88. The van der Waals surface area contributed by atoms with Crippen molar-refractivity contribution in [3.8, 4) is 5.75 Å². The van der Waals surface area contributed by atoms with Gasteiger partial charge in [-0.25, -0.2) is 0 Å². The highest BCUT2D eigenvalue weighted by Gasteiger charge is 2.17. The number of hydrogen-bond acceptors (Lipinski definition) is 3. The van der Waals surface area contributed by atoms with Crippen molar-refractivity contribution in [3.05, 3.63) is 60.2 Å². The first kappa shape index (κ1) is 17.4. The van der Waals surface area contributed by atoms with Crippen molar-refractivity contribution in [3.63, 3.8) is 0 Å². The number of carbonyl (C=O) groups excluding carboxylic acids is 1. The lowest BCUT2D eigenvalue weighted by Gasteiger charge is -2.17. The topological polar surface area (TPSA) is 38.3 Å². The molecular formula is C19H23NO2S. The standard InChI is InChI=1S/C19H23NO2S/c1-3-18(22-16-11-9-15(2)10-12-16)19(21)20-13-14-23-17-7-5-4-6-8-17/h4-12,18H,3,13-14H2,1-2H3,(H,20,21)/t18-/m0/s1. The molecule has 1 N–H and O–H groups in total. The first-order valence-corrected chi connectivity index (χ1v) is 8.86.